The summed E-state index contributed by atoms with van der Waals surface area (Å²) in [5.74, 6) is 0.791. The van der Waals surface area contributed by atoms with Crippen molar-refractivity contribution in [2.24, 2.45) is 11.8 Å². The Morgan fingerprint density at radius 3 is 2.10 bits per heavy atom. The summed E-state index contributed by atoms with van der Waals surface area (Å²) >= 11 is 0. The summed E-state index contributed by atoms with van der Waals surface area (Å²) in [6.07, 6.45) is 2.26. The standard InChI is InChI=1S/C9H17F/c1-7(2)5-9(10)6-8(3)4/h5,7-8H,6H2,1-4H3/b9-5+. The van der Waals surface area contributed by atoms with Gasteiger partial charge < -0.3 is 0 Å². The third-order valence-electron chi connectivity index (χ3n) is 1.12. The van der Waals surface area contributed by atoms with Crippen LogP contribution in [0.1, 0.15) is 34.1 Å². The van der Waals surface area contributed by atoms with Gasteiger partial charge in [0.1, 0.15) is 0 Å². The molecule has 0 aromatic rings. The van der Waals surface area contributed by atoms with E-state index in [9.17, 15) is 4.39 Å². The summed E-state index contributed by atoms with van der Waals surface area (Å²) in [6.45, 7) is 8.02. The maximum Gasteiger partial charge on any atom is 0.0964 e. The molecular formula is C9H17F. The topological polar surface area (TPSA) is 0 Å². The van der Waals surface area contributed by atoms with Crippen LogP contribution in [-0.2, 0) is 0 Å². The molecule has 0 fully saturated rings. The minimum Gasteiger partial charge on any atom is -0.212 e. The molecule has 0 atom stereocenters. The van der Waals surface area contributed by atoms with Gasteiger partial charge in [-0.25, -0.2) is 4.39 Å². The summed E-state index contributed by atoms with van der Waals surface area (Å²) in [5.41, 5.74) is 0. The quantitative estimate of drug-likeness (QED) is 0.568. The highest BCUT2D eigenvalue weighted by molar-refractivity contribution is 4.93. The van der Waals surface area contributed by atoms with Crippen LogP contribution in [0.5, 0.6) is 0 Å². The average molecular weight is 144 g/mol. The van der Waals surface area contributed by atoms with Crippen LogP contribution in [0.15, 0.2) is 11.9 Å². The van der Waals surface area contributed by atoms with E-state index < -0.39 is 0 Å². The Balaban J connectivity index is 3.71. The predicted octanol–water partition coefficient (Wildman–Crippen LogP) is 3.54. The first kappa shape index (κ1) is 9.67. The van der Waals surface area contributed by atoms with Crippen molar-refractivity contribution in [3.63, 3.8) is 0 Å². The molecule has 0 aliphatic rings. The zero-order valence-electron chi connectivity index (χ0n) is 7.32. The van der Waals surface area contributed by atoms with E-state index in [2.05, 4.69) is 0 Å². The fraction of sp³-hybridized carbons (Fsp3) is 0.778. The third kappa shape index (κ3) is 5.80. The molecule has 0 unspecified atom stereocenters. The highest BCUT2D eigenvalue weighted by Crippen LogP contribution is 2.13. The summed E-state index contributed by atoms with van der Waals surface area (Å²) in [4.78, 5) is 0. The Hall–Kier alpha value is -0.330. The van der Waals surface area contributed by atoms with Gasteiger partial charge in [0.2, 0.25) is 0 Å². The van der Waals surface area contributed by atoms with E-state index in [0.29, 0.717) is 18.3 Å². The number of hydrogen-bond donors (Lipinski definition) is 0. The third-order valence-corrected chi connectivity index (χ3v) is 1.12. The smallest absolute Gasteiger partial charge is 0.0964 e. The molecular weight excluding hydrogens is 127 g/mol. The normalized spacial score (nSPS) is 13.3. The van der Waals surface area contributed by atoms with Crippen LogP contribution in [0.2, 0.25) is 0 Å². The molecule has 0 rings (SSSR count). The van der Waals surface area contributed by atoms with Crippen LogP contribution in [0.3, 0.4) is 0 Å². The lowest BCUT2D eigenvalue weighted by atomic mass is 10.1. The van der Waals surface area contributed by atoms with E-state index in [1.807, 2.05) is 27.7 Å². The van der Waals surface area contributed by atoms with Crippen molar-refractivity contribution >= 4 is 0 Å². The Bertz CT molecular complexity index is 112. The van der Waals surface area contributed by atoms with Crippen molar-refractivity contribution in [2.75, 3.05) is 0 Å². The average Bonchev–Trinajstić information content (AvgIpc) is 1.58. The SMILES string of the molecule is CC(C)/C=C(/F)CC(C)C. The Morgan fingerprint density at radius 1 is 1.30 bits per heavy atom. The monoisotopic (exact) mass is 144 g/mol. The number of halogens is 1. The van der Waals surface area contributed by atoms with Gasteiger partial charge in [0.15, 0.2) is 0 Å². The van der Waals surface area contributed by atoms with Crippen molar-refractivity contribution in [2.45, 2.75) is 34.1 Å². The van der Waals surface area contributed by atoms with Gasteiger partial charge in [-0.3, -0.25) is 0 Å². The first-order valence-electron chi connectivity index (χ1n) is 3.88. The first-order chi connectivity index (χ1) is 4.52. The number of hydrogen-bond acceptors (Lipinski definition) is 0. The van der Waals surface area contributed by atoms with E-state index in [4.69, 9.17) is 0 Å². The number of allylic oxidation sites excluding steroid dienone is 2. The van der Waals surface area contributed by atoms with Crippen molar-refractivity contribution in [1.82, 2.24) is 0 Å². The molecule has 0 aromatic carbocycles. The van der Waals surface area contributed by atoms with Crippen LogP contribution in [-0.4, -0.2) is 0 Å². The Morgan fingerprint density at radius 2 is 1.80 bits per heavy atom. The Labute approximate surface area is 63.1 Å². The lowest BCUT2D eigenvalue weighted by Gasteiger charge is -2.02. The summed E-state index contributed by atoms with van der Waals surface area (Å²) in [7, 11) is 0. The number of rotatable bonds is 3. The second-order valence-electron chi connectivity index (χ2n) is 3.46. The molecule has 60 valence electrons. The summed E-state index contributed by atoms with van der Waals surface area (Å²) < 4.78 is 12.8. The molecule has 0 aliphatic carbocycles. The fourth-order valence-electron chi connectivity index (χ4n) is 0.820. The molecule has 0 spiro atoms. The maximum absolute atomic E-state index is 12.8. The molecule has 0 saturated heterocycles. The van der Waals surface area contributed by atoms with Crippen molar-refractivity contribution in [3.8, 4) is 0 Å². The largest absolute Gasteiger partial charge is 0.212 e. The molecule has 0 N–H and O–H groups in total. The van der Waals surface area contributed by atoms with E-state index >= 15 is 0 Å². The molecule has 0 radical (unpaired) electrons. The van der Waals surface area contributed by atoms with Gasteiger partial charge in [-0.1, -0.05) is 33.8 Å². The molecule has 0 heterocycles. The molecule has 1 heteroatoms. The van der Waals surface area contributed by atoms with Gasteiger partial charge in [0.25, 0.3) is 0 Å². The van der Waals surface area contributed by atoms with Crippen molar-refractivity contribution in [1.29, 1.82) is 0 Å². The van der Waals surface area contributed by atoms with Crippen LogP contribution in [0, 0.1) is 11.8 Å². The van der Waals surface area contributed by atoms with Crippen LogP contribution in [0.25, 0.3) is 0 Å². The van der Waals surface area contributed by atoms with Crippen molar-refractivity contribution < 1.29 is 4.39 Å². The van der Waals surface area contributed by atoms with E-state index in [1.165, 1.54) is 0 Å². The van der Waals surface area contributed by atoms with E-state index in [0.717, 1.165) is 0 Å². The molecule has 0 aromatic heterocycles. The van der Waals surface area contributed by atoms with Crippen LogP contribution >= 0.6 is 0 Å². The van der Waals surface area contributed by atoms with Gasteiger partial charge >= 0.3 is 0 Å². The molecule has 0 saturated carbocycles. The zero-order valence-corrected chi connectivity index (χ0v) is 7.32. The van der Waals surface area contributed by atoms with Crippen LogP contribution < -0.4 is 0 Å². The van der Waals surface area contributed by atoms with E-state index in [-0.39, 0.29) is 5.83 Å². The van der Waals surface area contributed by atoms with Crippen molar-refractivity contribution in [3.05, 3.63) is 11.9 Å². The zero-order chi connectivity index (χ0) is 8.15. The fourth-order valence-corrected chi connectivity index (χ4v) is 0.820. The lowest BCUT2D eigenvalue weighted by Crippen LogP contribution is -1.89. The van der Waals surface area contributed by atoms with Gasteiger partial charge in [-0.15, -0.1) is 0 Å². The Kier molecular flexibility index (Phi) is 4.33. The minimum atomic E-state index is 0.0324. The lowest BCUT2D eigenvalue weighted by molar-refractivity contribution is 0.507. The highest BCUT2D eigenvalue weighted by Gasteiger charge is 1.99. The highest BCUT2D eigenvalue weighted by atomic mass is 19.1. The van der Waals surface area contributed by atoms with Gasteiger partial charge in [-0.05, 0) is 11.8 Å². The maximum atomic E-state index is 12.8. The predicted molar refractivity (Wildman–Crippen MR) is 43.5 cm³/mol. The second kappa shape index (κ2) is 4.48. The van der Waals surface area contributed by atoms with Gasteiger partial charge in [0, 0.05) is 6.42 Å². The molecule has 0 amide bonds. The van der Waals surface area contributed by atoms with Crippen LogP contribution in [0.4, 0.5) is 4.39 Å². The van der Waals surface area contributed by atoms with Gasteiger partial charge in [-0.2, -0.15) is 0 Å². The first-order valence-corrected chi connectivity index (χ1v) is 3.88. The second-order valence-corrected chi connectivity index (χ2v) is 3.46. The summed E-state index contributed by atoms with van der Waals surface area (Å²) in [6, 6.07) is 0. The minimum absolute atomic E-state index is 0.0324. The van der Waals surface area contributed by atoms with Gasteiger partial charge in [0.05, 0.1) is 5.83 Å². The molecule has 0 aliphatic heterocycles. The molecule has 0 nitrogen and oxygen atoms in total. The molecule has 0 bridgehead atoms. The molecule has 10 heavy (non-hydrogen) atoms. The summed E-state index contributed by atoms with van der Waals surface area (Å²) in [5, 5.41) is 0. The van der Waals surface area contributed by atoms with E-state index in [1.54, 1.807) is 6.08 Å².